The summed E-state index contributed by atoms with van der Waals surface area (Å²) in [7, 11) is 2.11. The van der Waals surface area contributed by atoms with Crippen LogP contribution in [0.1, 0.15) is 59.8 Å². The van der Waals surface area contributed by atoms with Gasteiger partial charge in [0.1, 0.15) is 0 Å². The fraction of sp³-hybridized carbons (Fsp3) is 1.00. The molecule has 0 amide bonds. The third-order valence-corrected chi connectivity index (χ3v) is 4.41. The Morgan fingerprint density at radius 3 is 2.17 bits per heavy atom. The Hall–Kier alpha value is -0.0800. The summed E-state index contributed by atoms with van der Waals surface area (Å²) in [4.78, 5) is 0. The minimum atomic E-state index is 0.396. The van der Waals surface area contributed by atoms with E-state index in [4.69, 9.17) is 4.74 Å². The molecule has 0 aliphatic heterocycles. The summed E-state index contributed by atoms with van der Waals surface area (Å²) in [6.45, 7) is 10.0. The second-order valence-corrected chi connectivity index (χ2v) is 6.27. The summed E-state index contributed by atoms with van der Waals surface area (Å²) < 4.78 is 6.00. The molecule has 1 fully saturated rings. The van der Waals surface area contributed by atoms with Crippen molar-refractivity contribution in [2.24, 2.45) is 17.8 Å². The molecule has 18 heavy (non-hydrogen) atoms. The first-order chi connectivity index (χ1) is 8.62. The minimum absolute atomic E-state index is 0.396. The van der Waals surface area contributed by atoms with Crippen LogP contribution in [-0.4, -0.2) is 25.8 Å². The molecule has 0 aromatic carbocycles. The summed E-state index contributed by atoms with van der Waals surface area (Å²) in [5.74, 6) is 2.54. The molecule has 0 spiro atoms. The van der Waals surface area contributed by atoms with E-state index in [1.54, 1.807) is 0 Å². The van der Waals surface area contributed by atoms with E-state index in [2.05, 4.69) is 40.1 Å². The van der Waals surface area contributed by atoms with E-state index in [-0.39, 0.29) is 0 Å². The maximum absolute atomic E-state index is 6.00. The Morgan fingerprint density at radius 2 is 1.72 bits per heavy atom. The van der Waals surface area contributed by atoms with Gasteiger partial charge in [-0.25, -0.2) is 0 Å². The molecule has 0 bridgehead atoms. The smallest absolute Gasteiger partial charge is 0.0730 e. The van der Waals surface area contributed by atoms with Gasteiger partial charge in [-0.3, -0.25) is 0 Å². The number of rotatable bonds is 7. The topological polar surface area (TPSA) is 21.3 Å². The lowest BCUT2D eigenvalue weighted by molar-refractivity contribution is 0.000780. The van der Waals surface area contributed by atoms with E-state index < -0.39 is 0 Å². The quantitative estimate of drug-likeness (QED) is 0.746. The fourth-order valence-corrected chi connectivity index (χ4v) is 3.89. The largest absolute Gasteiger partial charge is 0.377 e. The predicted molar refractivity (Wildman–Crippen MR) is 78.8 cm³/mol. The first-order valence-corrected chi connectivity index (χ1v) is 7.91. The van der Waals surface area contributed by atoms with Gasteiger partial charge in [-0.15, -0.1) is 0 Å². The maximum atomic E-state index is 6.00. The first-order valence-electron chi connectivity index (χ1n) is 7.91. The van der Waals surface area contributed by atoms with Crippen LogP contribution < -0.4 is 5.32 Å². The fourth-order valence-electron chi connectivity index (χ4n) is 3.89. The molecule has 108 valence electrons. The lowest BCUT2D eigenvalue weighted by Gasteiger charge is -2.39. The zero-order valence-electron chi connectivity index (χ0n) is 13.0. The van der Waals surface area contributed by atoms with Crippen molar-refractivity contribution in [2.75, 3.05) is 13.7 Å². The first kappa shape index (κ1) is 16.0. The highest BCUT2D eigenvalue weighted by Crippen LogP contribution is 2.36. The highest BCUT2D eigenvalue weighted by molar-refractivity contribution is 4.88. The predicted octanol–water partition coefficient (Wildman–Crippen LogP) is 3.85. The lowest BCUT2D eigenvalue weighted by atomic mass is 9.72. The van der Waals surface area contributed by atoms with Crippen molar-refractivity contribution in [1.82, 2.24) is 5.32 Å². The Bertz CT molecular complexity index is 203. The van der Waals surface area contributed by atoms with E-state index >= 15 is 0 Å². The second-order valence-electron chi connectivity index (χ2n) is 6.27. The highest BCUT2D eigenvalue weighted by atomic mass is 16.5. The van der Waals surface area contributed by atoms with Crippen LogP contribution in [0.2, 0.25) is 0 Å². The van der Waals surface area contributed by atoms with E-state index in [0.29, 0.717) is 12.1 Å². The molecule has 0 saturated heterocycles. The van der Waals surface area contributed by atoms with Crippen molar-refractivity contribution in [3.63, 3.8) is 0 Å². The molecule has 1 N–H and O–H groups in total. The number of hydrogen-bond donors (Lipinski definition) is 1. The van der Waals surface area contributed by atoms with Crippen LogP contribution in [0.3, 0.4) is 0 Å². The van der Waals surface area contributed by atoms with Crippen LogP contribution in [0.15, 0.2) is 0 Å². The summed E-state index contributed by atoms with van der Waals surface area (Å²) in [5.41, 5.74) is 0. The summed E-state index contributed by atoms with van der Waals surface area (Å²) in [5, 5.41) is 3.56. The Morgan fingerprint density at radius 1 is 1.11 bits per heavy atom. The molecule has 1 aliphatic rings. The third kappa shape index (κ3) is 4.55. The summed E-state index contributed by atoms with van der Waals surface area (Å²) in [6, 6.07) is 0.537. The van der Waals surface area contributed by atoms with Gasteiger partial charge in [0.05, 0.1) is 6.10 Å². The summed E-state index contributed by atoms with van der Waals surface area (Å²) in [6.07, 6.45) is 6.92. The van der Waals surface area contributed by atoms with Crippen molar-refractivity contribution in [2.45, 2.75) is 71.9 Å². The third-order valence-electron chi connectivity index (χ3n) is 4.41. The maximum Gasteiger partial charge on any atom is 0.0730 e. The zero-order valence-corrected chi connectivity index (χ0v) is 13.0. The molecule has 1 aliphatic carbocycles. The molecule has 0 heterocycles. The van der Waals surface area contributed by atoms with Crippen molar-refractivity contribution in [3.8, 4) is 0 Å². The van der Waals surface area contributed by atoms with Gasteiger partial charge in [0.2, 0.25) is 0 Å². The average molecular weight is 255 g/mol. The SMILES string of the molecule is CCCC(OCC)C(NC)C1CC(C)CC(C)C1. The van der Waals surface area contributed by atoms with Gasteiger partial charge < -0.3 is 10.1 Å². The lowest BCUT2D eigenvalue weighted by Crippen LogP contribution is -2.47. The minimum Gasteiger partial charge on any atom is -0.377 e. The number of ether oxygens (including phenoxy) is 1. The van der Waals surface area contributed by atoms with Gasteiger partial charge in [-0.1, -0.05) is 27.2 Å². The molecular weight excluding hydrogens is 222 g/mol. The van der Waals surface area contributed by atoms with Gasteiger partial charge in [0.15, 0.2) is 0 Å². The molecule has 1 rings (SSSR count). The summed E-state index contributed by atoms with van der Waals surface area (Å²) >= 11 is 0. The second kappa shape index (κ2) is 8.16. The molecule has 1 saturated carbocycles. The van der Waals surface area contributed by atoms with Crippen LogP contribution in [0.25, 0.3) is 0 Å². The molecule has 0 aromatic rings. The van der Waals surface area contributed by atoms with Crippen molar-refractivity contribution in [1.29, 1.82) is 0 Å². The monoisotopic (exact) mass is 255 g/mol. The van der Waals surface area contributed by atoms with Gasteiger partial charge >= 0.3 is 0 Å². The van der Waals surface area contributed by atoms with E-state index in [1.807, 2.05) is 0 Å². The van der Waals surface area contributed by atoms with Crippen molar-refractivity contribution >= 4 is 0 Å². The van der Waals surface area contributed by atoms with Gasteiger partial charge in [0.25, 0.3) is 0 Å². The Labute approximate surface area is 114 Å². The molecule has 4 atom stereocenters. The van der Waals surface area contributed by atoms with E-state index in [9.17, 15) is 0 Å². The molecule has 0 radical (unpaired) electrons. The van der Waals surface area contributed by atoms with E-state index in [0.717, 1.165) is 24.4 Å². The van der Waals surface area contributed by atoms with Gasteiger partial charge in [-0.05, 0) is 57.4 Å². The highest BCUT2D eigenvalue weighted by Gasteiger charge is 2.33. The van der Waals surface area contributed by atoms with Gasteiger partial charge in [0, 0.05) is 12.6 Å². The molecule has 2 nitrogen and oxygen atoms in total. The molecule has 0 aromatic heterocycles. The van der Waals surface area contributed by atoms with Crippen LogP contribution in [0.4, 0.5) is 0 Å². The van der Waals surface area contributed by atoms with Crippen molar-refractivity contribution in [3.05, 3.63) is 0 Å². The normalized spacial score (nSPS) is 32.2. The zero-order chi connectivity index (χ0) is 13.5. The van der Waals surface area contributed by atoms with Crippen molar-refractivity contribution < 1.29 is 4.74 Å². The number of hydrogen-bond acceptors (Lipinski definition) is 2. The van der Waals surface area contributed by atoms with E-state index in [1.165, 1.54) is 32.1 Å². The van der Waals surface area contributed by atoms with Crippen LogP contribution >= 0.6 is 0 Å². The van der Waals surface area contributed by atoms with Crippen LogP contribution in [0, 0.1) is 17.8 Å². The number of likely N-dealkylation sites (N-methyl/N-ethyl adjacent to an activating group) is 1. The molecular formula is C16H33NO. The molecule has 4 unspecified atom stereocenters. The van der Waals surface area contributed by atoms with Crippen LogP contribution in [-0.2, 0) is 4.74 Å². The molecule has 2 heteroatoms. The number of nitrogens with one attached hydrogen (secondary N) is 1. The Kier molecular flexibility index (Phi) is 7.25. The standard InChI is InChI=1S/C16H33NO/c1-6-8-15(18-7-2)16(17-5)14-10-12(3)9-13(4)11-14/h12-17H,6-11H2,1-5H3. The Balaban J connectivity index is 2.66. The average Bonchev–Trinajstić information content (AvgIpc) is 2.29. The van der Waals surface area contributed by atoms with Gasteiger partial charge in [-0.2, -0.15) is 0 Å². The van der Waals surface area contributed by atoms with Crippen LogP contribution in [0.5, 0.6) is 0 Å².